The Balaban J connectivity index is 5.19. The van der Waals surface area contributed by atoms with Gasteiger partial charge in [-0.3, -0.25) is 4.79 Å². The van der Waals surface area contributed by atoms with Crippen LogP contribution in [-0.4, -0.2) is 41.1 Å². The zero-order valence-electron chi connectivity index (χ0n) is 6.92. The molecule has 1 N–H and O–H groups in total. The summed E-state index contributed by atoms with van der Waals surface area (Å²) in [4.78, 5) is 20.5. The monoisotopic (exact) mass is 199 g/mol. The summed E-state index contributed by atoms with van der Waals surface area (Å²) in [6.07, 6.45) is -5.18. The number of halogens is 3. The highest BCUT2D eigenvalue weighted by Crippen LogP contribution is 2.34. The van der Waals surface area contributed by atoms with Crippen molar-refractivity contribution < 1.29 is 27.9 Å². The van der Waals surface area contributed by atoms with Crippen LogP contribution in [0.3, 0.4) is 0 Å². The first-order chi connectivity index (χ1) is 5.67. The molecule has 0 aromatic carbocycles. The third-order valence-electron chi connectivity index (χ3n) is 1.83. The fourth-order valence-corrected chi connectivity index (χ4v) is 0.577. The molecule has 0 aliphatic rings. The molecule has 13 heavy (non-hydrogen) atoms. The summed E-state index contributed by atoms with van der Waals surface area (Å²) in [7, 11) is 0.759. The predicted molar refractivity (Wildman–Crippen MR) is 35.9 cm³/mol. The molecule has 1 amide bonds. The molecule has 0 bridgehead atoms. The molecule has 0 aliphatic heterocycles. The predicted octanol–water partition coefficient (Wildman–Crippen LogP) is 0.480. The first-order valence-corrected chi connectivity index (χ1v) is 3.16. The molecule has 76 valence electrons. The van der Waals surface area contributed by atoms with Crippen LogP contribution < -0.4 is 0 Å². The van der Waals surface area contributed by atoms with Crippen molar-refractivity contribution in [1.82, 2.24) is 4.90 Å². The summed E-state index contributed by atoms with van der Waals surface area (Å²) in [6, 6.07) is 0. The molecule has 0 saturated heterocycles. The van der Waals surface area contributed by atoms with Gasteiger partial charge >= 0.3 is 12.1 Å². The van der Waals surface area contributed by atoms with Gasteiger partial charge in [0.25, 0.3) is 0 Å². The van der Waals surface area contributed by atoms with E-state index in [1.165, 1.54) is 0 Å². The van der Waals surface area contributed by atoms with Gasteiger partial charge in [-0.2, -0.15) is 13.2 Å². The van der Waals surface area contributed by atoms with Crippen LogP contribution in [0.15, 0.2) is 0 Å². The Morgan fingerprint density at radius 3 is 1.92 bits per heavy atom. The van der Waals surface area contributed by atoms with Crippen molar-refractivity contribution in [3.8, 4) is 0 Å². The van der Waals surface area contributed by atoms with E-state index in [1.807, 2.05) is 0 Å². The summed E-state index contributed by atoms with van der Waals surface area (Å²) in [5, 5.41) is 8.35. The van der Waals surface area contributed by atoms with Gasteiger partial charge in [-0.25, -0.2) is 4.79 Å². The summed E-state index contributed by atoms with van der Waals surface area (Å²) in [6.45, 7) is 0.420. The van der Waals surface area contributed by atoms with Crippen molar-refractivity contribution in [2.75, 3.05) is 7.05 Å². The van der Waals surface area contributed by atoms with Crippen LogP contribution in [-0.2, 0) is 9.59 Å². The summed E-state index contributed by atoms with van der Waals surface area (Å²) in [5.41, 5.74) is -3.17. The number of hydrogen-bond acceptors (Lipinski definition) is 2. The third-order valence-corrected chi connectivity index (χ3v) is 1.83. The van der Waals surface area contributed by atoms with E-state index in [1.54, 1.807) is 0 Å². The lowest BCUT2D eigenvalue weighted by Crippen LogP contribution is -2.60. The average molecular weight is 199 g/mol. The summed E-state index contributed by atoms with van der Waals surface area (Å²) in [5.74, 6) is -2.12. The number of carboxylic acid groups (broad SMARTS) is 1. The smallest absolute Gasteiger partial charge is 0.422 e. The van der Waals surface area contributed by atoms with Crippen molar-refractivity contribution in [2.45, 2.75) is 18.6 Å². The topological polar surface area (TPSA) is 57.6 Å². The van der Waals surface area contributed by atoms with E-state index in [9.17, 15) is 22.8 Å². The number of alkyl halides is 3. The minimum absolute atomic E-state index is 0.0648. The molecular weight excluding hydrogens is 191 g/mol. The fraction of sp³-hybridized carbons (Fsp3) is 0.667. The number of nitrogens with zero attached hydrogens (tertiary/aromatic N) is 1. The van der Waals surface area contributed by atoms with E-state index in [2.05, 4.69) is 0 Å². The molecule has 0 rings (SSSR count). The van der Waals surface area contributed by atoms with E-state index < -0.39 is 17.7 Å². The van der Waals surface area contributed by atoms with Gasteiger partial charge in [0.2, 0.25) is 11.9 Å². The van der Waals surface area contributed by atoms with Crippen LogP contribution >= 0.6 is 0 Å². The van der Waals surface area contributed by atoms with E-state index in [-0.39, 0.29) is 11.3 Å². The lowest BCUT2D eigenvalue weighted by molar-refractivity contribution is -0.226. The average Bonchev–Trinajstić information content (AvgIpc) is 1.98. The number of rotatable bonds is 3. The quantitative estimate of drug-likeness (QED) is 0.672. The van der Waals surface area contributed by atoms with Crippen molar-refractivity contribution in [2.24, 2.45) is 0 Å². The van der Waals surface area contributed by atoms with E-state index in [4.69, 9.17) is 5.11 Å². The van der Waals surface area contributed by atoms with E-state index >= 15 is 0 Å². The molecule has 0 heterocycles. The first kappa shape index (κ1) is 11.7. The minimum atomic E-state index is -5.01. The Morgan fingerprint density at radius 1 is 1.46 bits per heavy atom. The molecule has 0 saturated carbocycles. The number of aliphatic carboxylic acids is 1. The second kappa shape index (κ2) is 3.23. The molecular formula is C6H8F3NO3. The van der Waals surface area contributed by atoms with Crippen LogP contribution in [0.25, 0.3) is 0 Å². The Labute approximate surface area is 71.9 Å². The number of hydrogen-bond donors (Lipinski definition) is 1. The van der Waals surface area contributed by atoms with E-state index in [0.29, 0.717) is 6.92 Å². The maximum Gasteiger partial charge on any atom is 0.422 e. The molecule has 1 unspecified atom stereocenters. The van der Waals surface area contributed by atoms with Crippen LogP contribution in [0.4, 0.5) is 13.2 Å². The number of likely N-dealkylation sites (N-methyl/N-ethyl adjacent to an activating group) is 1. The molecule has 0 spiro atoms. The van der Waals surface area contributed by atoms with Gasteiger partial charge in [-0.1, -0.05) is 0 Å². The summed E-state index contributed by atoms with van der Waals surface area (Å²) < 4.78 is 36.6. The van der Waals surface area contributed by atoms with Gasteiger partial charge in [-0.15, -0.1) is 0 Å². The zero-order valence-corrected chi connectivity index (χ0v) is 6.92. The Hall–Kier alpha value is -1.27. The maximum atomic E-state index is 12.2. The van der Waals surface area contributed by atoms with E-state index in [0.717, 1.165) is 7.05 Å². The number of amides is 1. The third kappa shape index (κ3) is 1.73. The van der Waals surface area contributed by atoms with Gasteiger partial charge in [0, 0.05) is 7.05 Å². The van der Waals surface area contributed by atoms with Crippen molar-refractivity contribution in [3.05, 3.63) is 0 Å². The Morgan fingerprint density at radius 2 is 1.85 bits per heavy atom. The molecule has 0 fully saturated rings. The van der Waals surface area contributed by atoms with Crippen LogP contribution in [0, 0.1) is 0 Å². The Kier molecular flexibility index (Phi) is 2.92. The first-order valence-electron chi connectivity index (χ1n) is 3.16. The molecule has 4 nitrogen and oxygen atoms in total. The molecule has 0 radical (unpaired) electrons. The van der Waals surface area contributed by atoms with Gasteiger partial charge in [0.1, 0.15) is 0 Å². The highest BCUT2D eigenvalue weighted by molar-refractivity contribution is 5.82. The molecule has 1 atom stereocenters. The number of carbonyl (C=O) groups excluding carboxylic acids is 1. The lowest BCUT2D eigenvalue weighted by atomic mass is 10.0. The van der Waals surface area contributed by atoms with Crippen molar-refractivity contribution in [3.63, 3.8) is 0 Å². The highest BCUT2D eigenvalue weighted by Gasteiger charge is 2.60. The summed E-state index contributed by atoms with van der Waals surface area (Å²) >= 11 is 0. The van der Waals surface area contributed by atoms with Crippen molar-refractivity contribution >= 4 is 12.4 Å². The molecule has 0 aromatic heterocycles. The van der Waals surface area contributed by atoms with Crippen LogP contribution in [0.5, 0.6) is 0 Å². The van der Waals surface area contributed by atoms with Crippen LogP contribution in [0.2, 0.25) is 0 Å². The second-order valence-electron chi connectivity index (χ2n) is 2.59. The number of carboxylic acids is 1. The fourth-order valence-electron chi connectivity index (χ4n) is 0.577. The molecule has 7 heteroatoms. The van der Waals surface area contributed by atoms with Gasteiger partial charge < -0.3 is 10.0 Å². The minimum Gasteiger partial charge on any atom is -0.479 e. The molecule has 0 aromatic rings. The van der Waals surface area contributed by atoms with Crippen molar-refractivity contribution in [1.29, 1.82) is 0 Å². The normalized spacial score (nSPS) is 16.1. The van der Waals surface area contributed by atoms with Gasteiger partial charge in [-0.05, 0) is 6.92 Å². The van der Waals surface area contributed by atoms with Crippen LogP contribution in [0.1, 0.15) is 6.92 Å². The standard InChI is InChI=1S/C6H8F3NO3/c1-5(4(12)13,6(7,8)9)10(2)3-11/h3H,1-2H3,(H,12,13). The SMILES string of the molecule is CN(C=O)C(C)(C(=O)O)C(F)(F)F. The number of carbonyl (C=O) groups is 2. The maximum absolute atomic E-state index is 12.2. The highest BCUT2D eigenvalue weighted by atomic mass is 19.4. The lowest BCUT2D eigenvalue weighted by Gasteiger charge is -2.33. The van der Waals surface area contributed by atoms with Gasteiger partial charge in [0.05, 0.1) is 0 Å². The Bertz CT molecular complexity index is 228. The second-order valence-corrected chi connectivity index (χ2v) is 2.59. The largest absolute Gasteiger partial charge is 0.479 e. The zero-order chi connectivity index (χ0) is 10.9. The molecule has 0 aliphatic carbocycles. The van der Waals surface area contributed by atoms with Gasteiger partial charge in [0.15, 0.2) is 0 Å².